The van der Waals surface area contributed by atoms with Gasteiger partial charge in [-0.25, -0.2) is 0 Å². The number of halogens is 3. The molecular weight excluding hydrogens is 413 g/mol. The maximum atomic E-state index is 6.14. The molecule has 2 nitrogen and oxygen atoms in total. The number of fused-ring (bicyclic) bond motifs is 1. The fraction of sp³-hybridized carbons (Fsp3) is 0. The Labute approximate surface area is 149 Å². The summed E-state index contributed by atoms with van der Waals surface area (Å²) in [6, 6.07) is 10.9. The van der Waals surface area contributed by atoms with Crippen LogP contribution in [-0.2, 0) is 0 Å². The summed E-state index contributed by atoms with van der Waals surface area (Å²) in [5.74, 6) is 0. The third kappa shape index (κ3) is 2.81. The fourth-order valence-corrected chi connectivity index (χ4v) is 3.45. The Kier molecular flexibility index (Phi) is 4.21. The summed E-state index contributed by atoms with van der Waals surface area (Å²) < 4.78 is 8.80. The molecule has 0 aliphatic rings. The topological polar surface area (TPSA) is 18.1 Å². The lowest BCUT2D eigenvalue weighted by Gasteiger charge is -2.10. The second-order valence-electron chi connectivity index (χ2n) is 4.25. The second-order valence-corrected chi connectivity index (χ2v) is 6.74. The molecule has 0 spiro atoms. The Morgan fingerprint density at radius 1 is 1.05 bits per heavy atom. The van der Waals surface area contributed by atoms with Crippen LogP contribution in [0.1, 0.15) is 0 Å². The molecule has 3 aromatic rings. The van der Waals surface area contributed by atoms with Crippen molar-refractivity contribution in [2.75, 3.05) is 0 Å². The van der Waals surface area contributed by atoms with Crippen molar-refractivity contribution in [1.82, 2.24) is 4.57 Å². The molecule has 0 saturated heterocycles. The van der Waals surface area contributed by atoms with Gasteiger partial charge >= 0.3 is 0 Å². The Balaban J connectivity index is 2.42. The highest BCUT2D eigenvalue weighted by Gasteiger charge is 2.11. The molecule has 0 fully saturated rings. The van der Waals surface area contributed by atoms with Crippen molar-refractivity contribution in [2.45, 2.75) is 0 Å². The number of rotatable bonds is 1. The van der Waals surface area contributed by atoms with Gasteiger partial charge in [-0.05, 0) is 48.6 Å². The molecule has 0 unspecified atom stereocenters. The first-order chi connectivity index (χ1) is 9.97. The molecule has 0 aliphatic carbocycles. The average molecular weight is 419 g/mol. The summed E-state index contributed by atoms with van der Waals surface area (Å²) >= 11 is 26.4. The summed E-state index contributed by atoms with van der Waals surface area (Å²) in [5.41, 5.74) is 1.26. The molecule has 0 bridgehead atoms. The first-order valence-electron chi connectivity index (χ1n) is 5.78. The monoisotopic (exact) mass is 417 g/mol. The zero-order chi connectivity index (χ0) is 15.1. The minimum atomic E-state index is 0.235. The van der Waals surface area contributed by atoms with Gasteiger partial charge in [-0.15, -0.1) is 0 Å². The minimum Gasteiger partial charge on any atom is -0.429 e. The van der Waals surface area contributed by atoms with Crippen LogP contribution in [-0.4, -0.2) is 4.57 Å². The Morgan fingerprint density at radius 2 is 1.71 bits per heavy atom. The molecular formula is C14H6BrCl2NOS2. The van der Waals surface area contributed by atoms with Gasteiger partial charge in [0.25, 0.3) is 4.84 Å². The maximum absolute atomic E-state index is 6.14. The molecule has 106 valence electrons. The van der Waals surface area contributed by atoms with Crippen LogP contribution in [0.3, 0.4) is 0 Å². The van der Waals surface area contributed by atoms with Crippen LogP contribution in [0.2, 0.25) is 10.0 Å². The number of hydrogen-bond acceptors (Lipinski definition) is 3. The van der Waals surface area contributed by atoms with Crippen LogP contribution in [0.15, 0.2) is 45.3 Å². The molecule has 1 heterocycles. The van der Waals surface area contributed by atoms with E-state index in [1.165, 1.54) is 0 Å². The molecule has 0 saturated carbocycles. The maximum Gasteiger partial charge on any atom is 0.274 e. The van der Waals surface area contributed by atoms with Gasteiger partial charge in [0.15, 0.2) is 5.58 Å². The van der Waals surface area contributed by atoms with Gasteiger partial charge in [0.1, 0.15) is 4.64 Å². The highest BCUT2D eigenvalue weighted by atomic mass is 79.9. The van der Waals surface area contributed by atoms with E-state index in [1.807, 2.05) is 24.3 Å². The van der Waals surface area contributed by atoms with E-state index < -0.39 is 0 Å². The molecule has 0 aliphatic heterocycles. The number of hydrogen-bond donors (Lipinski definition) is 0. The SMILES string of the molecule is S=c1oc2c(Cl)cc(Cl)cc2c(=S)n1-c1ccc(Br)cc1. The van der Waals surface area contributed by atoms with E-state index in [2.05, 4.69) is 15.9 Å². The van der Waals surface area contributed by atoms with Crippen molar-refractivity contribution in [3.8, 4) is 5.69 Å². The summed E-state index contributed by atoms with van der Waals surface area (Å²) in [6.45, 7) is 0. The first-order valence-corrected chi connectivity index (χ1v) is 8.15. The minimum absolute atomic E-state index is 0.235. The standard InChI is InChI=1S/C14H6BrCl2NOS2/c15-7-1-3-9(4-2-7)18-13(20)10-5-8(16)6-11(17)12(10)19-14(18)21/h1-6H. The van der Waals surface area contributed by atoms with Crippen molar-refractivity contribution in [3.63, 3.8) is 0 Å². The predicted molar refractivity (Wildman–Crippen MR) is 94.9 cm³/mol. The lowest BCUT2D eigenvalue weighted by molar-refractivity contribution is 0.537. The van der Waals surface area contributed by atoms with Gasteiger partial charge in [-0.1, -0.05) is 51.3 Å². The average Bonchev–Trinajstić information content (AvgIpc) is 2.42. The molecule has 7 heteroatoms. The first kappa shape index (κ1) is 15.2. The van der Waals surface area contributed by atoms with Crippen LogP contribution in [0.25, 0.3) is 16.7 Å². The van der Waals surface area contributed by atoms with E-state index in [9.17, 15) is 0 Å². The van der Waals surface area contributed by atoms with Crippen molar-refractivity contribution in [2.24, 2.45) is 0 Å². The second kappa shape index (κ2) is 5.82. The smallest absolute Gasteiger partial charge is 0.274 e. The number of benzene rings is 2. The molecule has 0 amide bonds. The normalized spacial score (nSPS) is 11.0. The molecule has 1 aromatic heterocycles. The summed E-state index contributed by atoms with van der Waals surface area (Å²) in [5, 5.41) is 1.53. The van der Waals surface area contributed by atoms with E-state index in [4.69, 9.17) is 52.1 Å². The summed E-state index contributed by atoms with van der Waals surface area (Å²) in [6.07, 6.45) is 0. The van der Waals surface area contributed by atoms with E-state index in [0.29, 0.717) is 25.7 Å². The number of nitrogens with zero attached hydrogens (tertiary/aromatic N) is 1. The van der Waals surface area contributed by atoms with Gasteiger partial charge in [0.05, 0.1) is 16.1 Å². The third-order valence-corrected chi connectivity index (χ3v) is 4.59. The zero-order valence-electron chi connectivity index (χ0n) is 10.3. The zero-order valence-corrected chi connectivity index (χ0v) is 15.0. The van der Waals surface area contributed by atoms with E-state index in [1.54, 1.807) is 16.7 Å². The molecule has 3 rings (SSSR count). The van der Waals surface area contributed by atoms with Crippen molar-refractivity contribution in [3.05, 3.63) is 60.4 Å². The summed E-state index contributed by atoms with van der Waals surface area (Å²) in [4.78, 5) is 0.235. The highest BCUT2D eigenvalue weighted by Crippen LogP contribution is 2.30. The Hall–Kier alpha value is -0.720. The summed E-state index contributed by atoms with van der Waals surface area (Å²) in [7, 11) is 0. The molecule has 2 aromatic carbocycles. The quantitative estimate of drug-likeness (QED) is 0.407. The molecule has 0 radical (unpaired) electrons. The van der Waals surface area contributed by atoms with Gasteiger partial charge in [0.2, 0.25) is 0 Å². The molecule has 0 N–H and O–H groups in total. The predicted octanol–water partition coefficient (Wildman–Crippen LogP) is 6.75. The Bertz CT molecular complexity index is 964. The van der Waals surface area contributed by atoms with Crippen LogP contribution in [0.5, 0.6) is 0 Å². The van der Waals surface area contributed by atoms with Crippen LogP contribution < -0.4 is 0 Å². The van der Waals surface area contributed by atoms with Crippen molar-refractivity contribution in [1.29, 1.82) is 0 Å². The van der Waals surface area contributed by atoms with Crippen LogP contribution >= 0.6 is 63.6 Å². The Morgan fingerprint density at radius 3 is 2.38 bits per heavy atom. The lowest BCUT2D eigenvalue weighted by atomic mass is 10.2. The van der Waals surface area contributed by atoms with Crippen LogP contribution in [0, 0.1) is 9.48 Å². The van der Waals surface area contributed by atoms with Crippen molar-refractivity contribution < 1.29 is 4.42 Å². The largest absolute Gasteiger partial charge is 0.429 e. The highest BCUT2D eigenvalue weighted by molar-refractivity contribution is 9.10. The van der Waals surface area contributed by atoms with E-state index >= 15 is 0 Å². The fourth-order valence-electron chi connectivity index (χ4n) is 1.97. The molecule has 0 atom stereocenters. The van der Waals surface area contributed by atoms with Gasteiger partial charge < -0.3 is 4.42 Å². The molecule has 21 heavy (non-hydrogen) atoms. The van der Waals surface area contributed by atoms with Crippen LogP contribution in [0.4, 0.5) is 0 Å². The lowest BCUT2D eigenvalue weighted by Crippen LogP contribution is -1.99. The number of aromatic nitrogens is 1. The van der Waals surface area contributed by atoms with Gasteiger partial charge in [-0.2, -0.15) is 0 Å². The van der Waals surface area contributed by atoms with Crippen molar-refractivity contribution >= 4 is 74.5 Å². The third-order valence-electron chi connectivity index (χ3n) is 2.90. The van der Waals surface area contributed by atoms with Gasteiger partial charge in [-0.3, -0.25) is 4.57 Å². The van der Waals surface area contributed by atoms with E-state index in [-0.39, 0.29) is 4.84 Å². The van der Waals surface area contributed by atoms with E-state index in [0.717, 1.165) is 10.2 Å². The van der Waals surface area contributed by atoms with Gasteiger partial charge in [0, 0.05) is 9.50 Å².